The summed E-state index contributed by atoms with van der Waals surface area (Å²) in [5.74, 6) is -0.660. The van der Waals surface area contributed by atoms with Gasteiger partial charge in [0.05, 0.1) is 12.5 Å². The van der Waals surface area contributed by atoms with Gasteiger partial charge in [0.1, 0.15) is 11.8 Å². The number of hydrogen-bond acceptors (Lipinski definition) is 4. The summed E-state index contributed by atoms with van der Waals surface area (Å²) < 4.78 is 0. The molecule has 0 aliphatic heterocycles. The van der Waals surface area contributed by atoms with Crippen LogP contribution in [0.4, 0.5) is 0 Å². The Hall–Kier alpha value is -1.92. The fraction of sp³-hybridized carbons (Fsp3) is 0.273. The Kier molecular flexibility index (Phi) is 3.08. The van der Waals surface area contributed by atoms with Crippen molar-refractivity contribution in [2.24, 2.45) is 5.73 Å². The van der Waals surface area contributed by atoms with Crippen LogP contribution >= 0.6 is 0 Å². The van der Waals surface area contributed by atoms with Crippen LogP contribution in [0.3, 0.4) is 0 Å². The lowest BCUT2D eigenvalue weighted by Crippen LogP contribution is -2.25. The number of carbonyl (C=O) groups excluding carboxylic acids is 1. The maximum atomic E-state index is 10.6. The van der Waals surface area contributed by atoms with Gasteiger partial charge in [0.2, 0.25) is 5.91 Å². The number of carbonyl (C=O) groups is 1. The summed E-state index contributed by atoms with van der Waals surface area (Å²) in [7, 11) is 0. The number of aromatic amines is 1. The van der Waals surface area contributed by atoms with Crippen LogP contribution in [0.2, 0.25) is 0 Å². The fourth-order valence-electron chi connectivity index (χ4n) is 1.66. The molecule has 0 saturated carbocycles. The minimum Gasteiger partial charge on any atom is -0.390 e. The van der Waals surface area contributed by atoms with E-state index in [1.807, 2.05) is 0 Å². The van der Waals surface area contributed by atoms with Gasteiger partial charge in [-0.3, -0.25) is 4.79 Å². The van der Waals surface area contributed by atoms with Gasteiger partial charge in [-0.25, -0.2) is 4.98 Å². The van der Waals surface area contributed by atoms with E-state index in [1.165, 1.54) is 6.20 Å². The van der Waals surface area contributed by atoms with Crippen LogP contribution in [-0.2, 0) is 4.79 Å². The van der Waals surface area contributed by atoms with Crippen LogP contribution in [0.15, 0.2) is 24.5 Å². The van der Waals surface area contributed by atoms with Gasteiger partial charge in [-0.15, -0.1) is 0 Å². The van der Waals surface area contributed by atoms with E-state index in [4.69, 9.17) is 5.73 Å². The third kappa shape index (κ3) is 2.43. The second-order valence-electron chi connectivity index (χ2n) is 3.87. The average Bonchev–Trinajstić information content (AvgIpc) is 2.73. The number of fused-ring (bicyclic) bond motifs is 1. The first kappa shape index (κ1) is 11.6. The number of amides is 1. The molecule has 0 spiro atoms. The average molecular weight is 235 g/mol. The van der Waals surface area contributed by atoms with Crippen LogP contribution in [-0.4, -0.2) is 32.2 Å². The van der Waals surface area contributed by atoms with Crippen molar-refractivity contribution in [2.45, 2.75) is 18.6 Å². The van der Waals surface area contributed by atoms with Crippen molar-refractivity contribution >= 4 is 16.9 Å². The number of rotatable bonds is 4. The second-order valence-corrected chi connectivity index (χ2v) is 3.87. The molecular formula is C11H13N3O3. The standard InChI is InChI=1S/C11H13N3O3/c12-9(16)4-8(15)10(17)7-3-6-1-2-13-11(6)14-5-7/h1-3,5,8,10,15,17H,4H2,(H2,12,16)(H,13,14). The molecular weight excluding hydrogens is 222 g/mol. The first-order valence-electron chi connectivity index (χ1n) is 5.15. The monoisotopic (exact) mass is 235 g/mol. The Bertz CT molecular complexity index is 537. The van der Waals surface area contributed by atoms with Crippen molar-refractivity contribution < 1.29 is 15.0 Å². The molecule has 0 aliphatic rings. The normalized spacial score (nSPS) is 14.7. The highest BCUT2D eigenvalue weighted by Crippen LogP contribution is 2.21. The van der Waals surface area contributed by atoms with Crippen LogP contribution in [0.5, 0.6) is 0 Å². The molecule has 1 amide bonds. The molecule has 2 unspecified atom stereocenters. The molecule has 0 bridgehead atoms. The third-order valence-corrected chi connectivity index (χ3v) is 2.54. The van der Waals surface area contributed by atoms with Crippen molar-refractivity contribution in [3.63, 3.8) is 0 Å². The number of aromatic nitrogens is 2. The first-order valence-corrected chi connectivity index (χ1v) is 5.15. The van der Waals surface area contributed by atoms with Crippen LogP contribution in [0, 0.1) is 0 Å². The minimum atomic E-state index is -1.22. The molecule has 6 nitrogen and oxygen atoms in total. The zero-order chi connectivity index (χ0) is 12.4. The van der Waals surface area contributed by atoms with E-state index in [9.17, 15) is 15.0 Å². The molecule has 6 heteroatoms. The smallest absolute Gasteiger partial charge is 0.220 e. The van der Waals surface area contributed by atoms with E-state index >= 15 is 0 Å². The lowest BCUT2D eigenvalue weighted by atomic mass is 10.0. The van der Waals surface area contributed by atoms with E-state index in [0.717, 1.165) is 5.39 Å². The van der Waals surface area contributed by atoms with Gasteiger partial charge in [0, 0.05) is 23.3 Å². The van der Waals surface area contributed by atoms with Crippen LogP contribution < -0.4 is 5.73 Å². The molecule has 0 aliphatic carbocycles. The number of nitrogens with two attached hydrogens (primary N) is 1. The summed E-state index contributed by atoms with van der Waals surface area (Å²) in [6.07, 6.45) is 0.508. The summed E-state index contributed by atoms with van der Waals surface area (Å²) in [4.78, 5) is 17.6. The SMILES string of the molecule is NC(=O)CC(O)C(O)c1cnc2[nH]ccc2c1. The summed E-state index contributed by atoms with van der Waals surface area (Å²) >= 11 is 0. The molecule has 0 radical (unpaired) electrons. The largest absolute Gasteiger partial charge is 0.390 e. The highest BCUT2D eigenvalue weighted by Gasteiger charge is 2.20. The molecule has 0 saturated heterocycles. The van der Waals surface area contributed by atoms with Gasteiger partial charge in [-0.1, -0.05) is 0 Å². The molecule has 0 fully saturated rings. The van der Waals surface area contributed by atoms with Crippen LogP contribution in [0.1, 0.15) is 18.1 Å². The van der Waals surface area contributed by atoms with Crippen molar-refractivity contribution in [1.29, 1.82) is 0 Å². The number of nitrogens with zero attached hydrogens (tertiary/aromatic N) is 1. The van der Waals surface area contributed by atoms with Gasteiger partial charge in [-0.2, -0.15) is 0 Å². The number of H-pyrrole nitrogens is 1. The molecule has 2 aromatic heterocycles. The van der Waals surface area contributed by atoms with Crippen molar-refractivity contribution in [3.8, 4) is 0 Å². The maximum absolute atomic E-state index is 10.6. The van der Waals surface area contributed by atoms with E-state index in [-0.39, 0.29) is 6.42 Å². The number of aliphatic hydroxyl groups excluding tert-OH is 2. The highest BCUT2D eigenvalue weighted by molar-refractivity contribution is 5.76. The Balaban J connectivity index is 2.23. The minimum absolute atomic E-state index is 0.285. The van der Waals surface area contributed by atoms with Gasteiger partial charge in [0.15, 0.2) is 0 Å². The zero-order valence-corrected chi connectivity index (χ0v) is 9.00. The first-order chi connectivity index (χ1) is 8.08. The number of pyridine rings is 1. The number of hydrogen-bond donors (Lipinski definition) is 4. The second kappa shape index (κ2) is 4.52. The van der Waals surface area contributed by atoms with Crippen molar-refractivity contribution in [2.75, 3.05) is 0 Å². The quantitative estimate of drug-likeness (QED) is 0.589. The van der Waals surface area contributed by atoms with Gasteiger partial charge in [0.25, 0.3) is 0 Å². The maximum Gasteiger partial charge on any atom is 0.220 e. The third-order valence-electron chi connectivity index (χ3n) is 2.54. The molecule has 2 heterocycles. The molecule has 5 N–H and O–H groups in total. The van der Waals surface area contributed by atoms with Gasteiger partial charge < -0.3 is 20.9 Å². The van der Waals surface area contributed by atoms with E-state index in [0.29, 0.717) is 11.2 Å². The predicted molar refractivity (Wildman–Crippen MR) is 60.9 cm³/mol. The molecule has 90 valence electrons. The fourth-order valence-corrected chi connectivity index (χ4v) is 1.66. The van der Waals surface area contributed by atoms with Gasteiger partial charge in [-0.05, 0) is 12.1 Å². The lowest BCUT2D eigenvalue weighted by Gasteiger charge is -2.16. The highest BCUT2D eigenvalue weighted by atomic mass is 16.3. The Morgan fingerprint density at radius 1 is 1.53 bits per heavy atom. The number of aliphatic hydroxyl groups is 2. The van der Waals surface area contributed by atoms with E-state index < -0.39 is 18.1 Å². The summed E-state index contributed by atoms with van der Waals surface area (Å²) in [6.45, 7) is 0. The van der Waals surface area contributed by atoms with Gasteiger partial charge >= 0.3 is 0 Å². The van der Waals surface area contributed by atoms with Crippen molar-refractivity contribution in [1.82, 2.24) is 9.97 Å². The van der Waals surface area contributed by atoms with Crippen LogP contribution in [0.25, 0.3) is 11.0 Å². The summed E-state index contributed by atoms with van der Waals surface area (Å²) in [5, 5.41) is 20.2. The number of primary amides is 1. The zero-order valence-electron chi connectivity index (χ0n) is 9.00. The number of nitrogens with one attached hydrogen (secondary N) is 1. The van der Waals surface area contributed by atoms with E-state index in [1.54, 1.807) is 18.3 Å². The Labute approximate surface area is 97.1 Å². The summed E-state index contributed by atoms with van der Waals surface area (Å²) in [6, 6.07) is 3.51. The van der Waals surface area contributed by atoms with E-state index in [2.05, 4.69) is 9.97 Å². The molecule has 2 atom stereocenters. The predicted octanol–water partition coefficient (Wildman–Crippen LogP) is -0.167. The molecule has 17 heavy (non-hydrogen) atoms. The molecule has 2 rings (SSSR count). The molecule has 2 aromatic rings. The Morgan fingerprint density at radius 3 is 3.00 bits per heavy atom. The topological polar surface area (TPSA) is 112 Å². The van der Waals surface area contributed by atoms with Crippen molar-refractivity contribution in [3.05, 3.63) is 30.1 Å². The lowest BCUT2D eigenvalue weighted by molar-refractivity contribution is -0.121. The summed E-state index contributed by atoms with van der Waals surface area (Å²) in [5.41, 5.74) is 6.10. The Morgan fingerprint density at radius 2 is 2.29 bits per heavy atom. The molecule has 0 aromatic carbocycles.